The molecule has 0 aliphatic carbocycles. The lowest BCUT2D eigenvalue weighted by Crippen LogP contribution is -2.45. The first kappa shape index (κ1) is 33.5. The minimum Gasteiger partial charge on any atom is -0.493 e. The number of ether oxygens (including phenoxy) is 3. The van der Waals surface area contributed by atoms with Gasteiger partial charge < -0.3 is 39.3 Å². The highest BCUT2D eigenvalue weighted by Crippen LogP contribution is 2.44. The van der Waals surface area contributed by atoms with E-state index in [2.05, 4.69) is 11.8 Å². The number of aliphatic carboxylic acids is 1. The quantitative estimate of drug-likeness (QED) is 0.245. The molecule has 1 saturated heterocycles. The Balaban J connectivity index is 1.60. The third-order valence-corrected chi connectivity index (χ3v) is 8.52. The molecule has 0 radical (unpaired) electrons. The van der Waals surface area contributed by atoms with E-state index in [9.17, 15) is 24.9 Å². The van der Waals surface area contributed by atoms with E-state index in [1.54, 1.807) is 24.3 Å². The molecule has 3 N–H and O–H groups in total. The lowest BCUT2D eigenvalue weighted by Gasteiger charge is -2.30. The van der Waals surface area contributed by atoms with Crippen molar-refractivity contribution in [1.82, 2.24) is 14.7 Å². The molecule has 1 amide bonds. The van der Waals surface area contributed by atoms with Gasteiger partial charge in [0.2, 0.25) is 12.7 Å². The third-order valence-electron chi connectivity index (χ3n) is 8.52. The van der Waals surface area contributed by atoms with E-state index in [1.165, 1.54) is 0 Å². The molecule has 0 saturated carbocycles. The standard InChI is InChI=1S/C33H47N3O8/c1-4-5-13-35(14-8-12-34(2)3)30(39)19-36-18-26(24-16-25(21-38)32-29(17-24)43-22-44-32)31(33(40)41)27(36)11-15-42-28-10-7-6-9-23(28)20-37/h6-7,9-10,16-17,26-27,31,37-38H,4-5,8,11-15,18-22H2,1-3H3,(H,40,41)/t26-,27+,31-/m1/s1. The third kappa shape index (κ3) is 8.20. The van der Waals surface area contributed by atoms with E-state index >= 15 is 0 Å². The number of benzene rings is 2. The molecule has 0 bridgehead atoms. The topological polar surface area (TPSA) is 132 Å². The molecule has 0 unspecified atom stereocenters. The van der Waals surface area contributed by atoms with Crippen molar-refractivity contribution in [2.75, 3.05) is 60.2 Å². The Morgan fingerprint density at radius 1 is 1.02 bits per heavy atom. The van der Waals surface area contributed by atoms with Gasteiger partial charge in [-0.3, -0.25) is 14.5 Å². The second-order valence-electron chi connectivity index (χ2n) is 11.8. The fourth-order valence-corrected chi connectivity index (χ4v) is 6.25. The number of aliphatic hydroxyl groups excluding tert-OH is 2. The number of aliphatic hydroxyl groups is 2. The molecule has 1 fully saturated rings. The monoisotopic (exact) mass is 613 g/mol. The van der Waals surface area contributed by atoms with Crippen LogP contribution < -0.4 is 14.2 Å². The molecule has 2 aromatic rings. The molecule has 11 nitrogen and oxygen atoms in total. The van der Waals surface area contributed by atoms with Crippen LogP contribution in [0.15, 0.2) is 36.4 Å². The van der Waals surface area contributed by atoms with E-state index in [4.69, 9.17) is 14.2 Å². The average Bonchev–Trinajstić information content (AvgIpc) is 3.63. The number of amides is 1. The summed E-state index contributed by atoms with van der Waals surface area (Å²) < 4.78 is 17.2. The molecule has 0 spiro atoms. The number of carbonyl (C=O) groups is 2. The second kappa shape index (κ2) is 16.1. The number of carboxylic acid groups (broad SMARTS) is 1. The van der Waals surface area contributed by atoms with Crippen LogP contribution in [-0.2, 0) is 22.8 Å². The van der Waals surface area contributed by atoms with Crippen molar-refractivity contribution in [3.63, 3.8) is 0 Å². The summed E-state index contributed by atoms with van der Waals surface area (Å²) in [6.45, 7) is 4.54. The predicted molar refractivity (Wildman–Crippen MR) is 165 cm³/mol. The van der Waals surface area contributed by atoms with Gasteiger partial charge in [-0.1, -0.05) is 31.5 Å². The van der Waals surface area contributed by atoms with Crippen LogP contribution in [-0.4, -0.2) is 108 Å². The molecular weight excluding hydrogens is 566 g/mol. The molecule has 2 aliphatic heterocycles. The van der Waals surface area contributed by atoms with Crippen molar-refractivity contribution in [3.05, 3.63) is 53.1 Å². The van der Waals surface area contributed by atoms with E-state index < -0.39 is 23.8 Å². The summed E-state index contributed by atoms with van der Waals surface area (Å²) in [4.78, 5) is 32.7. The van der Waals surface area contributed by atoms with Crippen LogP contribution in [0.5, 0.6) is 17.2 Å². The normalized spacial score (nSPS) is 19.5. The van der Waals surface area contributed by atoms with Crippen LogP contribution in [0.4, 0.5) is 0 Å². The average molecular weight is 614 g/mol. The Labute approximate surface area is 259 Å². The summed E-state index contributed by atoms with van der Waals surface area (Å²) in [5.74, 6) is -0.740. The summed E-state index contributed by atoms with van der Waals surface area (Å²) in [5.41, 5.74) is 1.92. The number of unbranched alkanes of at least 4 members (excludes halogenated alkanes) is 1. The molecule has 2 aromatic carbocycles. The van der Waals surface area contributed by atoms with Gasteiger partial charge in [0.05, 0.1) is 32.3 Å². The summed E-state index contributed by atoms with van der Waals surface area (Å²) in [7, 11) is 4.02. The highest BCUT2D eigenvalue weighted by atomic mass is 16.7. The minimum atomic E-state index is -0.956. The highest BCUT2D eigenvalue weighted by molar-refractivity contribution is 5.79. The number of hydrogen-bond acceptors (Lipinski definition) is 9. The molecule has 4 rings (SSSR count). The maximum atomic E-state index is 13.8. The van der Waals surface area contributed by atoms with Gasteiger partial charge in [0.1, 0.15) is 5.75 Å². The van der Waals surface area contributed by atoms with Gasteiger partial charge >= 0.3 is 5.97 Å². The van der Waals surface area contributed by atoms with E-state index in [0.717, 1.165) is 31.4 Å². The first-order valence-corrected chi connectivity index (χ1v) is 15.5. The van der Waals surface area contributed by atoms with Crippen LogP contribution >= 0.6 is 0 Å². The summed E-state index contributed by atoms with van der Waals surface area (Å²) in [6, 6.07) is 10.3. The predicted octanol–water partition coefficient (Wildman–Crippen LogP) is 2.92. The van der Waals surface area contributed by atoms with Gasteiger partial charge in [0, 0.05) is 42.7 Å². The molecule has 242 valence electrons. The van der Waals surface area contributed by atoms with Gasteiger partial charge in [-0.25, -0.2) is 0 Å². The van der Waals surface area contributed by atoms with Crippen LogP contribution in [0.3, 0.4) is 0 Å². The van der Waals surface area contributed by atoms with Crippen molar-refractivity contribution < 1.29 is 39.1 Å². The van der Waals surface area contributed by atoms with Gasteiger partial charge in [-0.05, 0) is 63.7 Å². The number of carboxylic acids is 1. The van der Waals surface area contributed by atoms with Crippen LogP contribution in [0, 0.1) is 5.92 Å². The Morgan fingerprint density at radius 2 is 1.77 bits per heavy atom. The highest BCUT2D eigenvalue weighted by Gasteiger charge is 2.47. The molecular formula is C33H47N3O8. The van der Waals surface area contributed by atoms with E-state index in [0.29, 0.717) is 54.4 Å². The van der Waals surface area contributed by atoms with Crippen molar-refractivity contribution in [2.45, 2.75) is 57.8 Å². The number of carbonyl (C=O) groups excluding carboxylic acids is 1. The van der Waals surface area contributed by atoms with Crippen molar-refractivity contribution in [1.29, 1.82) is 0 Å². The van der Waals surface area contributed by atoms with Crippen molar-refractivity contribution in [3.8, 4) is 17.2 Å². The van der Waals surface area contributed by atoms with Gasteiger partial charge in [-0.15, -0.1) is 0 Å². The SMILES string of the molecule is CCCCN(CCCN(C)C)C(=O)CN1C[C@H](c2cc(CO)c3c(c2)OCO3)[C@@H](C(=O)O)[C@@H]1CCOc1ccccc1CO. The molecule has 11 heteroatoms. The number of rotatable bonds is 17. The molecule has 2 aliphatic rings. The summed E-state index contributed by atoms with van der Waals surface area (Å²) >= 11 is 0. The Morgan fingerprint density at radius 3 is 2.48 bits per heavy atom. The van der Waals surface area contributed by atoms with Crippen LogP contribution in [0.25, 0.3) is 0 Å². The molecule has 3 atom stereocenters. The smallest absolute Gasteiger partial charge is 0.308 e. The van der Waals surface area contributed by atoms with Crippen LogP contribution in [0.1, 0.15) is 55.2 Å². The van der Waals surface area contributed by atoms with Crippen molar-refractivity contribution >= 4 is 11.9 Å². The number of likely N-dealkylation sites (tertiary alicyclic amines) is 1. The van der Waals surface area contributed by atoms with Crippen LogP contribution in [0.2, 0.25) is 0 Å². The Kier molecular flexibility index (Phi) is 12.2. The van der Waals surface area contributed by atoms with Crippen molar-refractivity contribution in [2.24, 2.45) is 5.92 Å². The summed E-state index contributed by atoms with van der Waals surface area (Å²) in [6.07, 6.45) is 3.09. The zero-order valence-corrected chi connectivity index (χ0v) is 26.1. The maximum absolute atomic E-state index is 13.8. The van der Waals surface area contributed by atoms with E-state index in [-0.39, 0.29) is 39.1 Å². The Hall–Kier alpha value is -3.38. The molecule has 2 heterocycles. The number of nitrogens with zero attached hydrogens (tertiary/aromatic N) is 3. The maximum Gasteiger partial charge on any atom is 0.308 e. The molecule has 44 heavy (non-hydrogen) atoms. The van der Waals surface area contributed by atoms with Gasteiger partial charge in [0.15, 0.2) is 11.5 Å². The number of fused-ring (bicyclic) bond motifs is 1. The zero-order valence-electron chi connectivity index (χ0n) is 26.1. The zero-order chi connectivity index (χ0) is 31.6. The fraction of sp³-hybridized carbons (Fsp3) is 0.576. The minimum absolute atomic E-state index is 0.0136. The number of hydrogen-bond donors (Lipinski definition) is 3. The van der Waals surface area contributed by atoms with E-state index in [1.807, 2.05) is 36.0 Å². The molecule has 0 aromatic heterocycles. The summed E-state index contributed by atoms with van der Waals surface area (Å²) in [5, 5.41) is 30.3. The second-order valence-corrected chi connectivity index (χ2v) is 11.8. The lowest BCUT2D eigenvalue weighted by atomic mass is 9.83. The largest absolute Gasteiger partial charge is 0.493 e. The van der Waals surface area contributed by atoms with Gasteiger partial charge in [-0.2, -0.15) is 0 Å². The fourth-order valence-electron chi connectivity index (χ4n) is 6.25. The number of para-hydroxylation sites is 1. The Bertz CT molecular complexity index is 1260. The first-order chi connectivity index (χ1) is 21.3. The lowest BCUT2D eigenvalue weighted by molar-refractivity contribution is -0.144. The first-order valence-electron chi connectivity index (χ1n) is 15.5. The van der Waals surface area contributed by atoms with Gasteiger partial charge in [0.25, 0.3) is 0 Å².